The maximum Gasteiger partial charge on any atom is 0.186 e. The van der Waals surface area contributed by atoms with Crippen molar-refractivity contribution in [3.8, 4) is 17.1 Å². The van der Waals surface area contributed by atoms with Gasteiger partial charge in [-0.2, -0.15) is 4.52 Å². The Hall–Kier alpha value is -3.19. The predicted octanol–water partition coefficient (Wildman–Crippen LogP) is 2.70. The van der Waals surface area contributed by atoms with Crippen molar-refractivity contribution in [3.63, 3.8) is 0 Å². The van der Waals surface area contributed by atoms with E-state index >= 15 is 0 Å². The lowest BCUT2D eigenvalue weighted by Gasteiger charge is -2.33. The molecule has 2 aromatic heterocycles. The zero-order valence-corrected chi connectivity index (χ0v) is 16.0. The number of anilines is 1. The van der Waals surface area contributed by atoms with Crippen LogP contribution in [0.4, 0.5) is 5.82 Å². The van der Waals surface area contributed by atoms with Crippen molar-refractivity contribution in [3.05, 3.63) is 48.5 Å². The van der Waals surface area contributed by atoms with E-state index in [1.54, 1.807) is 7.11 Å². The second-order valence-corrected chi connectivity index (χ2v) is 7.15. The van der Waals surface area contributed by atoms with Crippen LogP contribution in [0.3, 0.4) is 0 Å². The summed E-state index contributed by atoms with van der Waals surface area (Å²) in [6.45, 7) is 3.97. The van der Waals surface area contributed by atoms with Crippen molar-refractivity contribution in [2.24, 2.45) is 0 Å². The van der Waals surface area contributed by atoms with E-state index in [9.17, 15) is 0 Å². The van der Waals surface area contributed by atoms with E-state index in [2.05, 4.69) is 45.2 Å². The van der Waals surface area contributed by atoms with E-state index in [0.29, 0.717) is 0 Å². The number of hydrogen-bond acceptors (Lipinski definition) is 6. The summed E-state index contributed by atoms with van der Waals surface area (Å²) in [5.74, 6) is 2.54. The van der Waals surface area contributed by atoms with E-state index < -0.39 is 0 Å². The molecule has 3 heterocycles. The van der Waals surface area contributed by atoms with Crippen LogP contribution >= 0.6 is 0 Å². The summed E-state index contributed by atoms with van der Waals surface area (Å²) >= 11 is 0. The van der Waals surface area contributed by atoms with Gasteiger partial charge >= 0.3 is 0 Å². The number of rotatable bonds is 3. The fraction of sp³-hybridized carbons (Fsp3) is 0.286. The summed E-state index contributed by atoms with van der Waals surface area (Å²) in [5.41, 5.74) is 1.74. The van der Waals surface area contributed by atoms with Crippen molar-refractivity contribution in [1.29, 1.82) is 0 Å². The molecule has 0 spiro atoms. The second-order valence-electron chi connectivity index (χ2n) is 7.15. The SMILES string of the molecule is COc1ccc(-c2nnc3c4ccccc4c(N4CCN(C)CC4)nn23)cc1. The molecular weight excluding hydrogens is 352 g/mol. The van der Waals surface area contributed by atoms with Crippen molar-refractivity contribution < 1.29 is 4.74 Å². The Bertz CT molecular complexity index is 1130. The summed E-state index contributed by atoms with van der Waals surface area (Å²) in [6.07, 6.45) is 0. The molecule has 7 nitrogen and oxygen atoms in total. The van der Waals surface area contributed by atoms with Crippen molar-refractivity contribution in [2.45, 2.75) is 0 Å². The van der Waals surface area contributed by atoms with E-state index in [4.69, 9.17) is 9.84 Å². The molecular formula is C21H22N6O. The first-order valence-corrected chi connectivity index (χ1v) is 9.46. The Morgan fingerprint density at radius 3 is 2.29 bits per heavy atom. The average molecular weight is 374 g/mol. The zero-order chi connectivity index (χ0) is 19.1. The van der Waals surface area contributed by atoms with Crippen LogP contribution < -0.4 is 9.64 Å². The highest BCUT2D eigenvalue weighted by Gasteiger charge is 2.21. The molecule has 4 aromatic rings. The molecule has 0 aliphatic carbocycles. The highest BCUT2D eigenvalue weighted by molar-refractivity contribution is 6.00. The molecule has 0 bridgehead atoms. The molecule has 7 heteroatoms. The Balaban J connectivity index is 1.70. The average Bonchev–Trinajstić information content (AvgIpc) is 3.18. The monoisotopic (exact) mass is 374 g/mol. The fourth-order valence-corrected chi connectivity index (χ4v) is 3.74. The third kappa shape index (κ3) is 2.75. The lowest BCUT2D eigenvalue weighted by molar-refractivity contribution is 0.312. The molecule has 0 atom stereocenters. The molecule has 1 aliphatic heterocycles. The lowest BCUT2D eigenvalue weighted by atomic mass is 10.1. The standard InChI is InChI=1S/C21H22N6O/c1-25-11-13-26(14-12-25)21-18-6-4-3-5-17(18)20-23-22-19(27(20)24-21)15-7-9-16(28-2)10-8-15/h3-10H,11-14H2,1-2H3. The molecule has 0 radical (unpaired) electrons. The number of benzene rings is 2. The number of likely N-dealkylation sites (N-methyl/N-ethyl adjacent to an activating group) is 1. The maximum absolute atomic E-state index is 5.27. The number of hydrogen-bond donors (Lipinski definition) is 0. The van der Waals surface area contributed by atoms with E-state index in [1.807, 2.05) is 34.8 Å². The topological polar surface area (TPSA) is 58.8 Å². The highest BCUT2D eigenvalue weighted by Crippen LogP contribution is 2.30. The Labute approximate surface area is 163 Å². The molecule has 0 N–H and O–H groups in total. The summed E-state index contributed by atoms with van der Waals surface area (Å²) in [7, 11) is 3.82. The molecule has 0 unspecified atom stereocenters. The minimum Gasteiger partial charge on any atom is -0.497 e. The number of piperazine rings is 1. The number of methoxy groups -OCH3 is 1. The quantitative estimate of drug-likeness (QED) is 0.550. The van der Waals surface area contributed by atoms with Gasteiger partial charge in [-0.15, -0.1) is 15.3 Å². The van der Waals surface area contributed by atoms with Gasteiger partial charge in [0, 0.05) is 42.5 Å². The Morgan fingerprint density at radius 1 is 0.857 bits per heavy atom. The summed E-state index contributed by atoms with van der Waals surface area (Å²) in [6, 6.07) is 16.1. The largest absolute Gasteiger partial charge is 0.497 e. The van der Waals surface area contributed by atoms with Crippen LogP contribution in [-0.2, 0) is 0 Å². The smallest absolute Gasteiger partial charge is 0.186 e. The normalized spacial score (nSPS) is 15.4. The summed E-state index contributed by atoms with van der Waals surface area (Å²) in [5, 5.41) is 16.1. The van der Waals surface area contributed by atoms with Gasteiger partial charge in [0.2, 0.25) is 0 Å². The summed E-state index contributed by atoms with van der Waals surface area (Å²) in [4.78, 5) is 4.71. The molecule has 2 aromatic carbocycles. The minimum absolute atomic E-state index is 0.735. The molecule has 1 fully saturated rings. The van der Waals surface area contributed by atoms with Gasteiger partial charge in [-0.05, 0) is 31.3 Å². The molecule has 1 aliphatic rings. The number of nitrogens with zero attached hydrogens (tertiary/aromatic N) is 6. The van der Waals surface area contributed by atoms with Crippen LogP contribution in [0.25, 0.3) is 27.8 Å². The van der Waals surface area contributed by atoms with Gasteiger partial charge in [-0.3, -0.25) is 0 Å². The van der Waals surface area contributed by atoms with Crippen molar-refractivity contribution in [1.82, 2.24) is 24.7 Å². The van der Waals surface area contributed by atoms with Crippen LogP contribution in [0, 0.1) is 0 Å². The van der Waals surface area contributed by atoms with Gasteiger partial charge in [0.05, 0.1) is 7.11 Å². The minimum atomic E-state index is 0.735. The van der Waals surface area contributed by atoms with Crippen LogP contribution in [0.5, 0.6) is 5.75 Å². The molecule has 142 valence electrons. The van der Waals surface area contributed by atoms with Gasteiger partial charge < -0.3 is 14.5 Å². The highest BCUT2D eigenvalue weighted by atomic mass is 16.5. The molecule has 0 saturated carbocycles. The Kier molecular flexibility index (Phi) is 4.09. The van der Waals surface area contributed by atoms with E-state index in [0.717, 1.165) is 65.6 Å². The molecule has 5 rings (SSSR count). The van der Waals surface area contributed by atoms with Crippen molar-refractivity contribution >= 4 is 22.2 Å². The van der Waals surface area contributed by atoms with E-state index in [1.165, 1.54) is 0 Å². The maximum atomic E-state index is 5.27. The van der Waals surface area contributed by atoms with Gasteiger partial charge in [0.25, 0.3) is 0 Å². The van der Waals surface area contributed by atoms with Gasteiger partial charge in [0.15, 0.2) is 17.3 Å². The van der Waals surface area contributed by atoms with E-state index in [-0.39, 0.29) is 0 Å². The number of fused-ring (bicyclic) bond motifs is 3. The van der Waals surface area contributed by atoms with Gasteiger partial charge in [-0.25, -0.2) is 0 Å². The predicted molar refractivity (Wildman–Crippen MR) is 110 cm³/mol. The van der Waals surface area contributed by atoms with Gasteiger partial charge in [-0.1, -0.05) is 24.3 Å². The third-order valence-electron chi connectivity index (χ3n) is 5.40. The van der Waals surface area contributed by atoms with Crippen LogP contribution in [-0.4, -0.2) is 65.0 Å². The van der Waals surface area contributed by atoms with Crippen LogP contribution in [0.1, 0.15) is 0 Å². The third-order valence-corrected chi connectivity index (χ3v) is 5.40. The van der Waals surface area contributed by atoms with Crippen molar-refractivity contribution in [2.75, 3.05) is 45.2 Å². The second kappa shape index (κ2) is 6.76. The Morgan fingerprint density at radius 2 is 1.57 bits per heavy atom. The first kappa shape index (κ1) is 16.9. The fourth-order valence-electron chi connectivity index (χ4n) is 3.74. The number of ether oxygens (including phenoxy) is 1. The molecule has 0 amide bonds. The number of aromatic nitrogens is 4. The summed E-state index contributed by atoms with van der Waals surface area (Å²) < 4.78 is 7.14. The first-order chi connectivity index (χ1) is 13.7. The van der Waals surface area contributed by atoms with Crippen LogP contribution in [0.15, 0.2) is 48.5 Å². The molecule has 1 saturated heterocycles. The zero-order valence-electron chi connectivity index (χ0n) is 16.0. The molecule has 28 heavy (non-hydrogen) atoms. The van der Waals surface area contributed by atoms with Crippen LogP contribution in [0.2, 0.25) is 0 Å². The first-order valence-electron chi connectivity index (χ1n) is 9.46. The lowest BCUT2D eigenvalue weighted by Crippen LogP contribution is -2.45. The van der Waals surface area contributed by atoms with Gasteiger partial charge in [0.1, 0.15) is 5.75 Å².